The van der Waals surface area contributed by atoms with E-state index >= 15 is 0 Å². The van der Waals surface area contributed by atoms with Gasteiger partial charge < -0.3 is 10.3 Å². The predicted octanol–water partition coefficient (Wildman–Crippen LogP) is 5.41. The van der Waals surface area contributed by atoms with Crippen LogP contribution in [0.4, 0.5) is 5.69 Å². The van der Waals surface area contributed by atoms with Crippen LogP contribution >= 0.6 is 0 Å². The molecule has 0 bridgehead atoms. The van der Waals surface area contributed by atoms with E-state index in [1.165, 1.54) is 22.0 Å². The molecule has 0 radical (unpaired) electrons. The summed E-state index contributed by atoms with van der Waals surface area (Å²) in [7, 11) is 0. The third-order valence-electron chi connectivity index (χ3n) is 4.48. The average Bonchev–Trinajstić information content (AvgIpc) is 3.08. The summed E-state index contributed by atoms with van der Waals surface area (Å²) in [5.74, 6) is 0.294. The Kier molecular flexibility index (Phi) is 4.03. The minimum Gasteiger partial charge on any atom is -0.384 e. The van der Waals surface area contributed by atoms with E-state index in [-0.39, 0.29) is 0 Å². The zero-order chi connectivity index (χ0) is 16.2. The Morgan fingerprint density at radius 3 is 2.21 bits per heavy atom. The van der Waals surface area contributed by atoms with Crippen LogP contribution in [0.15, 0.2) is 91.1 Å². The van der Waals surface area contributed by atoms with E-state index in [9.17, 15) is 0 Å². The normalized spacial score (nSPS) is 12.2. The fourth-order valence-corrected chi connectivity index (χ4v) is 3.25. The first-order chi connectivity index (χ1) is 11.9. The van der Waals surface area contributed by atoms with Gasteiger partial charge in [-0.25, -0.2) is 0 Å². The maximum Gasteiger partial charge on any atom is 0.0457 e. The molecule has 4 rings (SSSR count). The molecule has 2 N–H and O–H groups in total. The highest BCUT2D eigenvalue weighted by molar-refractivity contribution is 5.84. The van der Waals surface area contributed by atoms with E-state index in [0.717, 1.165) is 12.2 Å². The number of H-pyrrole nitrogens is 1. The Morgan fingerprint density at radius 2 is 1.42 bits per heavy atom. The number of rotatable bonds is 5. The standard InChI is InChI=1S/C22H20N2/c1-3-9-17(10-4-1)20(15-23-18-11-5-2-6-12-18)21-16-24-22-14-8-7-13-19(21)22/h1-14,16,20,23-24H,15H2. The molecule has 1 aromatic heterocycles. The largest absolute Gasteiger partial charge is 0.384 e. The summed E-state index contributed by atoms with van der Waals surface area (Å²) < 4.78 is 0. The van der Waals surface area contributed by atoms with Gasteiger partial charge in [0.25, 0.3) is 0 Å². The van der Waals surface area contributed by atoms with Crippen molar-refractivity contribution in [3.05, 3.63) is 102 Å². The molecule has 3 aromatic carbocycles. The first-order valence-corrected chi connectivity index (χ1v) is 8.32. The summed E-state index contributed by atoms with van der Waals surface area (Å²) in [5.41, 5.74) is 5.00. The number of anilines is 1. The lowest BCUT2D eigenvalue weighted by Gasteiger charge is -2.19. The molecule has 0 fully saturated rings. The van der Waals surface area contributed by atoms with Gasteiger partial charge in [0.05, 0.1) is 0 Å². The lowest BCUT2D eigenvalue weighted by atomic mass is 9.91. The van der Waals surface area contributed by atoms with Gasteiger partial charge in [0.2, 0.25) is 0 Å². The minimum atomic E-state index is 0.294. The molecule has 2 nitrogen and oxygen atoms in total. The van der Waals surface area contributed by atoms with Crippen molar-refractivity contribution in [2.45, 2.75) is 5.92 Å². The predicted molar refractivity (Wildman–Crippen MR) is 102 cm³/mol. The molecular formula is C22H20N2. The van der Waals surface area contributed by atoms with Gasteiger partial charge in [0.15, 0.2) is 0 Å². The number of benzene rings is 3. The first-order valence-electron chi connectivity index (χ1n) is 8.32. The third-order valence-corrected chi connectivity index (χ3v) is 4.48. The van der Waals surface area contributed by atoms with E-state index in [4.69, 9.17) is 0 Å². The molecule has 0 aliphatic carbocycles. The van der Waals surface area contributed by atoms with Crippen LogP contribution in [0.1, 0.15) is 17.0 Å². The number of nitrogens with one attached hydrogen (secondary N) is 2. The second-order valence-electron chi connectivity index (χ2n) is 6.00. The molecule has 0 aliphatic rings. The van der Waals surface area contributed by atoms with Crippen LogP contribution in [0.5, 0.6) is 0 Å². The smallest absolute Gasteiger partial charge is 0.0457 e. The Morgan fingerprint density at radius 1 is 0.750 bits per heavy atom. The Labute approximate surface area is 142 Å². The number of fused-ring (bicyclic) bond motifs is 1. The van der Waals surface area contributed by atoms with Crippen LogP contribution in [0.3, 0.4) is 0 Å². The zero-order valence-corrected chi connectivity index (χ0v) is 13.4. The minimum absolute atomic E-state index is 0.294. The van der Waals surface area contributed by atoms with Crippen molar-refractivity contribution in [3.63, 3.8) is 0 Å². The van der Waals surface area contributed by atoms with Gasteiger partial charge in [0.1, 0.15) is 0 Å². The van der Waals surface area contributed by atoms with Crippen molar-refractivity contribution in [2.75, 3.05) is 11.9 Å². The van der Waals surface area contributed by atoms with Crippen molar-refractivity contribution in [3.8, 4) is 0 Å². The molecule has 0 saturated carbocycles. The molecule has 0 saturated heterocycles. The van der Waals surface area contributed by atoms with E-state index < -0.39 is 0 Å². The maximum atomic E-state index is 3.58. The second-order valence-corrected chi connectivity index (χ2v) is 6.00. The number of hydrogen-bond acceptors (Lipinski definition) is 1. The monoisotopic (exact) mass is 312 g/mol. The van der Waals surface area contributed by atoms with Gasteiger partial charge in [-0.15, -0.1) is 0 Å². The number of hydrogen-bond donors (Lipinski definition) is 2. The van der Waals surface area contributed by atoms with E-state index in [0.29, 0.717) is 5.92 Å². The molecule has 0 amide bonds. The summed E-state index contributed by atoms with van der Waals surface area (Å²) in [6.45, 7) is 0.857. The lowest BCUT2D eigenvalue weighted by Crippen LogP contribution is -2.13. The van der Waals surface area contributed by atoms with Gasteiger partial charge in [-0.1, -0.05) is 66.7 Å². The summed E-state index contributed by atoms with van der Waals surface area (Å²) in [6.07, 6.45) is 2.15. The molecule has 118 valence electrons. The van der Waals surface area contributed by atoms with Gasteiger partial charge in [-0.3, -0.25) is 0 Å². The molecule has 1 unspecified atom stereocenters. The first kappa shape index (κ1) is 14.6. The molecule has 0 aliphatic heterocycles. The fourth-order valence-electron chi connectivity index (χ4n) is 3.25. The van der Waals surface area contributed by atoms with Crippen LogP contribution in [0, 0.1) is 0 Å². The highest BCUT2D eigenvalue weighted by Gasteiger charge is 2.17. The van der Waals surface area contributed by atoms with Crippen LogP contribution in [0.25, 0.3) is 10.9 Å². The highest BCUT2D eigenvalue weighted by Crippen LogP contribution is 2.31. The zero-order valence-electron chi connectivity index (χ0n) is 13.4. The van der Waals surface area contributed by atoms with Crippen molar-refractivity contribution < 1.29 is 0 Å². The van der Waals surface area contributed by atoms with Crippen LogP contribution in [0.2, 0.25) is 0 Å². The lowest BCUT2D eigenvalue weighted by molar-refractivity contribution is 0.860. The summed E-state index contributed by atoms with van der Waals surface area (Å²) >= 11 is 0. The topological polar surface area (TPSA) is 27.8 Å². The number of para-hydroxylation sites is 2. The van der Waals surface area contributed by atoms with Crippen molar-refractivity contribution in [2.24, 2.45) is 0 Å². The molecule has 1 atom stereocenters. The van der Waals surface area contributed by atoms with Gasteiger partial charge in [0, 0.05) is 35.2 Å². The molecule has 2 heteroatoms. The van der Waals surface area contributed by atoms with Gasteiger partial charge >= 0.3 is 0 Å². The van der Waals surface area contributed by atoms with Crippen molar-refractivity contribution in [1.29, 1.82) is 0 Å². The molecule has 4 aromatic rings. The highest BCUT2D eigenvalue weighted by atomic mass is 14.9. The molecule has 1 heterocycles. The summed E-state index contributed by atoms with van der Waals surface area (Å²) in [5, 5.41) is 4.88. The average molecular weight is 312 g/mol. The maximum absolute atomic E-state index is 3.58. The molecule has 24 heavy (non-hydrogen) atoms. The Balaban J connectivity index is 1.71. The molecule has 0 spiro atoms. The van der Waals surface area contributed by atoms with Crippen LogP contribution < -0.4 is 5.32 Å². The van der Waals surface area contributed by atoms with Crippen LogP contribution in [-0.2, 0) is 0 Å². The SMILES string of the molecule is c1ccc(NCC(c2ccccc2)c2c[nH]c3ccccc23)cc1. The van der Waals surface area contributed by atoms with E-state index in [1.54, 1.807) is 0 Å². The van der Waals surface area contributed by atoms with Gasteiger partial charge in [-0.2, -0.15) is 0 Å². The number of aromatic nitrogens is 1. The van der Waals surface area contributed by atoms with Crippen molar-refractivity contribution >= 4 is 16.6 Å². The van der Waals surface area contributed by atoms with E-state index in [1.807, 2.05) is 6.07 Å². The van der Waals surface area contributed by atoms with E-state index in [2.05, 4.69) is 95.4 Å². The number of aromatic amines is 1. The quantitative estimate of drug-likeness (QED) is 0.506. The molecular weight excluding hydrogens is 292 g/mol. The summed E-state index contributed by atoms with van der Waals surface area (Å²) in [4.78, 5) is 3.41. The summed E-state index contributed by atoms with van der Waals surface area (Å²) in [6, 6.07) is 29.6. The Hall–Kier alpha value is -3.00. The Bertz CT molecular complexity index is 910. The van der Waals surface area contributed by atoms with Crippen molar-refractivity contribution in [1.82, 2.24) is 4.98 Å². The van der Waals surface area contributed by atoms with Crippen LogP contribution in [-0.4, -0.2) is 11.5 Å². The van der Waals surface area contributed by atoms with Gasteiger partial charge in [-0.05, 0) is 29.3 Å². The third kappa shape index (κ3) is 2.91. The fraction of sp³-hybridized carbons (Fsp3) is 0.0909. The second kappa shape index (κ2) is 6.63.